The molecular weight excluding hydrogens is 238 g/mol. The predicted molar refractivity (Wildman–Crippen MR) is 78.5 cm³/mol. The van der Waals surface area contributed by atoms with E-state index < -0.39 is 6.10 Å². The number of hydrogen-bond donors (Lipinski definition) is 1. The standard InChI is InChI=1S/C16H25NO2/c1-6-12(4)17-16(18)14(7-2)19-15-10-8-9-11(3)13(15)5/h8-10,12,14H,6-7H2,1-5H3,(H,17,18)/t12-,14-/m0/s1. The van der Waals surface area contributed by atoms with Crippen molar-refractivity contribution >= 4 is 5.91 Å². The van der Waals surface area contributed by atoms with Gasteiger partial charge in [0.05, 0.1) is 0 Å². The summed E-state index contributed by atoms with van der Waals surface area (Å²) in [6.07, 6.45) is 1.16. The lowest BCUT2D eigenvalue weighted by atomic mass is 10.1. The second-order valence-corrected chi connectivity index (χ2v) is 5.03. The number of rotatable bonds is 6. The number of carbonyl (C=O) groups is 1. The van der Waals surface area contributed by atoms with Crippen LogP contribution in [0.4, 0.5) is 0 Å². The van der Waals surface area contributed by atoms with Crippen molar-refractivity contribution in [1.29, 1.82) is 0 Å². The summed E-state index contributed by atoms with van der Waals surface area (Å²) in [6, 6.07) is 6.10. The maximum atomic E-state index is 12.1. The van der Waals surface area contributed by atoms with E-state index in [1.807, 2.05) is 45.9 Å². The molecule has 0 aliphatic rings. The minimum absolute atomic E-state index is 0.0299. The highest BCUT2D eigenvalue weighted by Crippen LogP contribution is 2.22. The molecule has 3 nitrogen and oxygen atoms in total. The molecule has 3 heteroatoms. The van der Waals surface area contributed by atoms with Crippen LogP contribution in [-0.4, -0.2) is 18.1 Å². The maximum Gasteiger partial charge on any atom is 0.261 e. The average Bonchev–Trinajstić information content (AvgIpc) is 2.40. The first-order valence-electron chi connectivity index (χ1n) is 7.02. The molecule has 0 saturated carbocycles. The van der Waals surface area contributed by atoms with E-state index in [1.165, 1.54) is 5.56 Å². The molecule has 1 amide bonds. The molecular formula is C16H25NO2. The van der Waals surface area contributed by atoms with Gasteiger partial charge in [0.1, 0.15) is 5.75 Å². The summed E-state index contributed by atoms with van der Waals surface area (Å²) in [5.41, 5.74) is 2.27. The third kappa shape index (κ3) is 4.27. The summed E-state index contributed by atoms with van der Waals surface area (Å²) in [7, 11) is 0. The first-order valence-corrected chi connectivity index (χ1v) is 7.02. The van der Waals surface area contributed by atoms with Gasteiger partial charge in [-0.3, -0.25) is 4.79 Å². The van der Waals surface area contributed by atoms with Crippen molar-refractivity contribution in [2.75, 3.05) is 0 Å². The van der Waals surface area contributed by atoms with Gasteiger partial charge in [-0.1, -0.05) is 26.0 Å². The van der Waals surface area contributed by atoms with Gasteiger partial charge in [-0.05, 0) is 50.8 Å². The monoisotopic (exact) mass is 263 g/mol. The zero-order chi connectivity index (χ0) is 14.4. The molecule has 2 atom stereocenters. The van der Waals surface area contributed by atoms with Gasteiger partial charge >= 0.3 is 0 Å². The predicted octanol–water partition coefficient (Wildman–Crippen LogP) is 3.38. The van der Waals surface area contributed by atoms with E-state index in [2.05, 4.69) is 12.2 Å². The van der Waals surface area contributed by atoms with Gasteiger partial charge in [0, 0.05) is 6.04 Å². The summed E-state index contributed by atoms with van der Waals surface area (Å²) in [5.74, 6) is 0.768. The van der Waals surface area contributed by atoms with Gasteiger partial charge in [0.2, 0.25) is 0 Å². The molecule has 0 radical (unpaired) electrons. The highest BCUT2D eigenvalue weighted by molar-refractivity contribution is 5.81. The molecule has 0 heterocycles. The number of ether oxygens (including phenoxy) is 1. The third-order valence-electron chi connectivity index (χ3n) is 3.49. The fraction of sp³-hybridized carbons (Fsp3) is 0.562. The summed E-state index contributed by atoms with van der Waals surface area (Å²) in [4.78, 5) is 12.1. The van der Waals surface area contributed by atoms with Crippen molar-refractivity contribution in [2.24, 2.45) is 0 Å². The first-order chi connectivity index (χ1) is 8.99. The van der Waals surface area contributed by atoms with E-state index in [0.29, 0.717) is 6.42 Å². The summed E-state index contributed by atoms with van der Waals surface area (Å²) in [6.45, 7) is 10.1. The highest BCUT2D eigenvalue weighted by Gasteiger charge is 2.20. The Bertz CT molecular complexity index is 429. The van der Waals surface area contributed by atoms with Gasteiger partial charge in [0.25, 0.3) is 5.91 Å². The van der Waals surface area contributed by atoms with Crippen LogP contribution in [0.5, 0.6) is 5.75 Å². The molecule has 106 valence electrons. The molecule has 1 aromatic carbocycles. The molecule has 1 rings (SSSR count). The molecule has 19 heavy (non-hydrogen) atoms. The molecule has 0 fully saturated rings. The van der Waals surface area contributed by atoms with Crippen molar-refractivity contribution in [3.05, 3.63) is 29.3 Å². The van der Waals surface area contributed by atoms with E-state index in [4.69, 9.17) is 4.74 Å². The SMILES string of the molecule is CC[C@H](Oc1cccc(C)c1C)C(=O)N[C@@H](C)CC. The minimum Gasteiger partial charge on any atom is -0.480 e. The van der Waals surface area contributed by atoms with Crippen molar-refractivity contribution in [2.45, 2.75) is 59.6 Å². The Balaban J connectivity index is 2.76. The number of aryl methyl sites for hydroxylation is 1. The van der Waals surface area contributed by atoms with Crippen LogP contribution in [-0.2, 0) is 4.79 Å². The van der Waals surface area contributed by atoms with Crippen LogP contribution in [0.3, 0.4) is 0 Å². The molecule has 0 bridgehead atoms. The lowest BCUT2D eigenvalue weighted by Gasteiger charge is -2.21. The Morgan fingerprint density at radius 1 is 1.26 bits per heavy atom. The van der Waals surface area contributed by atoms with Crippen LogP contribution < -0.4 is 10.1 Å². The molecule has 0 saturated heterocycles. The summed E-state index contributed by atoms with van der Waals surface area (Å²) >= 11 is 0. The second kappa shape index (κ2) is 7.17. The van der Waals surface area contributed by atoms with Crippen molar-refractivity contribution < 1.29 is 9.53 Å². The van der Waals surface area contributed by atoms with Gasteiger partial charge in [-0.2, -0.15) is 0 Å². The molecule has 0 aromatic heterocycles. The van der Waals surface area contributed by atoms with Gasteiger partial charge < -0.3 is 10.1 Å². The second-order valence-electron chi connectivity index (χ2n) is 5.03. The van der Waals surface area contributed by atoms with Crippen LogP contribution in [0.15, 0.2) is 18.2 Å². The van der Waals surface area contributed by atoms with Crippen LogP contribution in [0, 0.1) is 13.8 Å². The first kappa shape index (κ1) is 15.5. The van der Waals surface area contributed by atoms with E-state index in [-0.39, 0.29) is 11.9 Å². The Morgan fingerprint density at radius 3 is 2.53 bits per heavy atom. The lowest BCUT2D eigenvalue weighted by molar-refractivity contribution is -0.128. The summed E-state index contributed by atoms with van der Waals surface area (Å²) in [5, 5.41) is 2.97. The van der Waals surface area contributed by atoms with Crippen LogP contribution in [0.1, 0.15) is 44.7 Å². The lowest BCUT2D eigenvalue weighted by Crippen LogP contribution is -2.42. The molecule has 0 aliphatic carbocycles. The number of nitrogens with one attached hydrogen (secondary N) is 1. The van der Waals surface area contributed by atoms with Gasteiger partial charge in [-0.15, -0.1) is 0 Å². The zero-order valence-corrected chi connectivity index (χ0v) is 12.6. The molecule has 1 N–H and O–H groups in total. The molecule has 0 aliphatic heterocycles. The fourth-order valence-corrected chi connectivity index (χ4v) is 1.77. The number of benzene rings is 1. The normalized spacial score (nSPS) is 13.7. The maximum absolute atomic E-state index is 12.1. The minimum atomic E-state index is -0.422. The Morgan fingerprint density at radius 2 is 1.95 bits per heavy atom. The molecule has 0 spiro atoms. The van der Waals surface area contributed by atoms with Crippen molar-refractivity contribution in [1.82, 2.24) is 5.32 Å². The van der Waals surface area contributed by atoms with Crippen LogP contribution in [0.25, 0.3) is 0 Å². The topological polar surface area (TPSA) is 38.3 Å². The average molecular weight is 263 g/mol. The van der Waals surface area contributed by atoms with Crippen molar-refractivity contribution in [3.63, 3.8) is 0 Å². The van der Waals surface area contributed by atoms with E-state index in [0.717, 1.165) is 17.7 Å². The Hall–Kier alpha value is -1.51. The van der Waals surface area contributed by atoms with Crippen LogP contribution >= 0.6 is 0 Å². The van der Waals surface area contributed by atoms with E-state index in [9.17, 15) is 4.79 Å². The van der Waals surface area contributed by atoms with Crippen LogP contribution in [0.2, 0.25) is 0 Å². The van der Waals surface area contributed by atoms with E-state index in [1.54, 1.807) is 0 Å². The molecule has 1 aromatic rings. The third-order valence-corrected chi connectivity index (χ3v) is 3.49. The Labute approximate surface area is 116 Å². The smallest absolute Gasteiger partial charge is 0.261 e. The van der Waals surface area contributed by atoms with E-state index >= 15 is 0 Å². The van der Waals surface area contributed by atoms with Crippen molar-refractivity contribution in [3.8, 4) is 5.75 Å². The number of carbonyl (C=O) groups excluding carboxylic acids is 1. The number of amides is 1. The fourth-order valence-electron chi connectivity index (χ4n) is 1.77. The quantitative estimate of drug-likeness (QED) is 0.854. The highest BCUT2D eigenvalue weighted by atomic mass is 16.5. The summed E-state index contributed by atoms with van der Waals surface area (Å²) < 4.78 is 5.87. The molecule has 0 unspecified atom stereocenters. The van der Waals surface area contributed by atoms with Gasteiger partial charge in [0.15, 0.2) is 6.10 Å². The number of hydrogen-bond acceptors (Lipinski definition) is 2. The van der Waals surface area contributed by atoms with Gasteiger partial charge in [-0.25, -0.2) is 0 Å². The largest absolute Gasteiger partial charge is 0.480 e. The zero-order valence-electron chi connectivity index (χ0n) is 12.6. The Kier molecular flexibility index (Phi) is 5.87.